The van der Waals surface area contributed by atoms with Gasteiger partial charge in [-0.25, -0.2) is 5.43 Å². The Morgan fingerprint density at radius 1 is 1.07 bits per heavy atom. The number of rotatable bonds is 7. The van der Waals surface area contributed by atoms with E-state index in [1.54, 1.807) is 18.0 Å². The van der Waals surface area contributed by atoms with Gasteiger partial charge in [-0.15, -0.1) is 11.8 Å². The van der Waals surface area contributed by atoms with Crippen LogP contribution in [0.15, 0.2) is 58.5 Å². The Morgan fingerprint density at radius 2 is 1.80 bits per heavy atom. The molecule has 3 rings (SSSR count). The molecule has 3 aromatic rings. The highest BCUT2D eigenvalue weighted by Crippen LogP contribution is 2.22. The molecule has 0 radical (unpaired) electrons. The van der Waals surface area contributed by atoms with Crippen LogP contribution in [0.5, 0.6) is 0 Å². The Balaban J connectivity index is 1.57. The number of carbonyl (C=O) groups excluding carboxylic acids is 1. The van der Waals surface area contributed by atoms with E-state index in [9.17, 15) is 4.79 Å². The lowest BCUT2D eigenvalue weighted by Gasteiger charge is -2.11. The number of aromatic nitrogens is 1. The molecule has 1 amide bonds. The first-order valence-electron chi connectivity index (χ1n) is 9.82. The van der Waals surface area contributed by atoms with Crippen molar-refractivity contribution in [3.05, 3.63) is 81.6 Å². The predicted molar refractivity (Wildman–Crippen MR) is 127 cm³/mol. The van der Waals surface area contributed by atoms with E-state index in [0.29, 0.717) is 17.2 Å². The van der Waals surface area contributed by atoms with Gasteiger partial charge in [0.2, 0.25) is 5.91 Å². The van der Waals surface area contributed by atoms with Gasteiger partial charge < -0.3 is 4.57 Å². The normalized spacial score (nSPS) is 11.2. The third-order valence-corrected chi connectivity index (χ3v) is 6.29. The Bertz CT molecular complexity index is 1070. The molecule has 0 atom stereocenters. The molecule has 156 valence electrons. The van der Waals surface area contributed by atoms with Crippen molar-refractivity contribution in [2.75, 3.05) is 5.75 Å². The number of thioether (sulfide) groups is 1. The molecule has 0 aliphatic heterocycles. The maximum absolute atomic E-state index is 12.1. The number of hydrazone groups is 1. The summed E-state index contributed by atoms with van der Waals surface area (Å²) in [5, 5.41) is 4.87. The molecule has 0 aliphatic rings. The van der Waals surface area contributed by atoms with Crippen molar-refractivity contribution in [3.63, 3.8) is 0 Å². The molecule has 0 aliphatic carbocycles. The van der Waals surface area contributed by atoms with Crippen molar-refractivity contribution in [3.8, 4) is 5.69 Å². The van der Waals surface area contributed by atoms with Gasteiger partial charge in [0, 0.05) is 44.7 Å². The van der Waals surface area contributed by atoms with Crippen LogP contribution in [-0.2, 0) is 4.79 Å². The van der Waals surface area contributed by atoms with Crippen LogP contribution in [0.4, 0.5) is 0 Å². The standard InChI is InChI=1S/C24H26ClN3OS/c1-16-5-8-22(13-17(16)2)28-18(3)14-20(19(28)4)15-26-27-24(29)11-12-30-23-9-6-21(25)7-10-23/h5-10,13-15H,11-12H2,1-4H3,(H,27,29)/b26-15+. The monoisotopic (exact) mass is 439 g/mol. The number of hydrogen-bond donors (Lipinski definition) is 1. The molecule has 1 N–H and O–H groups in total. The first-order chi connectivity index (χ1) is 14.3. The van der Waals surface area contributed by atoms with Crippen LogP contribution < -0.4 is 5.43 Å². The Hall–Kier alpha value is -2.50. The van der Waals surface area contributed by atoms with E-state index in [1.807, 2.05) is 24.3 Å². The summed E-state index contributed by atoms with van der Waals surface area (Å²) < 4.78 is 2.21. The lowest BCUT2D eigenvalue weighted by atomic mass is 10.1. The van der Waals surface area contributed by atoms with Crippen LogP contribution in [0.1, 0.15) is 34.5 Å². The van der Waals surface area contributed by atoms with E-state index < -0.39 is 0 Å². The average molecular weight is 440 g/mol. The van der Waals surface area contributed by atoms with E-state index in [1.165, 1.54) is 11.1 Å². The average Bonchev–Trinajstić information content (AvgIpc) is 2.99. The lowest BCUT2D eigenvalue weighted by Crippen LogP contribution is -2.17. The lowest BCUT2D eigenvalue weighted by molar-refractivity contribution is -0.120. The Kier molecular flexibility index (Phi) is 7.40. The number of nitrogens with one attached hydrogen (secondary N) is 1. The molecule has 30 heavy (non-hydrogen) atoms. The van der Waals surface area contributed by atoms with Crippen LogP contribution in [0.25, 0.3) is 5.69 Å². The molecule has 1 aromatic heterocycles. The molecule has 6 heteroatoms. The van der Waals surface area contributed by atoms with Crippen molar-refractivity contribution in [1.29, 1.82) is 0 Å². The molecular formula is C24H26ClN3OS. The Morgan fingerprint density at radius 3 is 2.50 bits per heavy atom. The van der Waals surface area contributed by atoms with Crippen molar-refractivity contribution in [1.82, 2.24) is 9.99 Å². The van der Waals surface area contributed by atoms with E-state index in [4.69, 9.17) is 11.6 Å². The topological polar surface area (TPSA) is 46.4 Å². The molecular weight excluding hydrogens is 414 g/mol. The Labute approximate surface area is 187 Å². The molecule has 0 unspecified atom stereocenters. The fourth-order valence-corrected chi connectivity index (χ4v) is 4.18. The summed E-state index contributed by atoms with van der Waals surface area (Å²) in [7, 11) is 0. The number of benzene rings is 2. The number of amides is 1. The van der Waals surface area contributed by atoms with Crippen molar-refractivity contribution < 1.29 is 4.79 Å². The van der Waals surface area contributed by atoms with Gasteiger partial charge in [-0.3, -0.25) is 4.79 Å². The maximum Gasteiger partial charge on any atom is 0.240 e. The quantitative estimate of drug-likeness (QED) is 0.279. The van der Waals surface area contributed by atoms with Gasteiger partial charge in [0.15, 0.2) is 0 Å². The minimum atomic E-state index is -0.101. The van der Waals surface area contributed by atoms with Gasteiger partial charge in [0.05, 0.1) is 6.21 Å². The first kappa shape index (κ1) is 22.2. The second-order valence-corrected chi connectivity index (χ2v) is 8.88. The zero-order valence-electron chi connectivity index (χ0n) is 17.7. The fraction of sp³-hybridized carbons (Fsp3) is 0.250. The SMILES string of the molecule is Cc1ccc(-n2c(C)cc(/C=N/NC(=O)CCSc3ccc(Cl)cc3)c2C)cc1C. The maximum atomic E-state index is 12.1. The van der Waals surface area contributed by atoms with Crippen LogP contribution in [-0.4, -0.2) is 22.4 Å². The third kappa shape index (κ3) is 5.55. The minimum Gasteiger partial charge on any atom is -0.318 e. The van der Waals surface area contributed by atoms with Gasteiger partial charge >= 0.3 is 0 Å². The van der Waals surface area contributed by atoms with Crippen molar-refractivity contribution in [2.24, 2.45) is 5.10 Å². The van der Waals surface area contributed by atoms with E-state index in [0.717, 1.165) is 27.5 Å². The largest absolute Gasteiger partial charge is 0.318 e. The summed E-state index contributed by atoms with van der Waals surface area (Å²) in [6, 6.07) is 16.1. The number of carbonyl (C=O) groups is 1. The smallest absolute Gasteiger partial charge is 0.240 e. The highest BCUT2D eigenvalue weighted by Gasteiger charge is 2.10. The minimum absolute atomic E-state index is 0.101. The van der Waals surface area contributed by atoms with Crippen LogP contribution >= 0.6 is 23.4 Å². The van der Waals surface area contributed by atoms with E-state index in [2.05, 4.69) is 67.1 Å². The zero-order chi connectivity index (χ0) is 21.7. The second kappa shape index (κ2) is 10.0. The number of nitrogens with zero attached hydrogens (tertiary/aromatic N) is 2. The van der Waals surface area contributed by atoms with Gasteiger partial charge in [0.25, 0.3) is 0 Å². The second-order valence-electron chi connectivity index (χ2n) is 7.28. The van der Waals surface area contributed by atoms with Gasteiger partial charge in [-0.1, -0.05) is 17.7 Å². The third-order valence-electron chi connectivity index (χ3n) is 5.02. The van der Waals surface area contributed by atoms with Crippen LogP contribution in [0.3, 0.4) is 0 Å². The van der Waals surface area contributed by atoms with Gasteiger partial charge in [0.1, 0.15) is 0 Å². The van der Waals surface area contributed by atoms with E-state index >= 15 is 0 Å². The summed E-state index contributed by atoms with van der Waals surface area (Å²) in [4.78, 5) is 13.2. The van der Waals surface area contributed by atoms with E-state index in [-0.39, 0.29) is 5.91 Å². The molecule has 0 spiro atoms. The number of halogens is 1. The van der Waals surface area contributed by atoms with Gasteiger partial charge in [-0.05, 0) is 81.3 Å². The fourth-order valence-electron chi connectivity index (χ4n) is 3.20. The number of hydrogen-bond acceptors (Lipinski definition) is 3. The molecule has 4 nitrogen and oxygen atoms in total. The highest BCUT2D eigenvalue weighted by atomic mass is 35.5. The summed E-state index contributed by atoms with van der Waals surface area (Å²) in [5.41, 5.74) is 9.51. The zero-order valence-corrected chi connectivity index (χ0v) is 19.3. The van der Waals surface area contributed by atoms with Crippen LogP contribution in [0, 0.1) is 27.7 Å². The molecule has 2 aromatic carbocycles. The van der Waals surface area contributed by atoms with Crippen molar-refractivity contribution in [2.45, 2.75) is 39.0 Å². The summed E-state index contributed by atoms with van der Waals surface area (Å²) >= 11 is 7.50. The van der Waals surface area contributed by atoms with Crippen LogP contribution in [0.2, 0.25) is 5.02 Å². The highest BCUT2D eigenvalue weighted by molar-refractivity contribution is 7.99. The number of aryl methyl sites for hydroxylation is 3. The summed E-state index contributed by atoms with van der Waals surface area (Å²) in [5.74, 6) is 0.584. The molecule has 1 heterocycles. The van der Waals surface area contributed by atoms with Gasteiger partial charge in [-0.2, -0.15) is 5.10 Å². The first-order valence-corrected chi connectivity index (χ1v) is 11.2. The summed E-state index contributed by atoms with van der Waals surface area (Å²) in [6.45, 7) is 8.37. The molecule has 0 fully saturated rings. The molecule has 0 saturated heterocycles. The van der Waals surface area contributed by atoms with Crippen molar-refractivity contribution >= 4 is 35.5 Å². The molecule has 0 saturated carbocycles. The molecule has 0 bridgehead atoms. The predicted octanol–water partition coefficient (Wildman–Crippen LogP) is 6.00. The summed E-state index contributed by atoms with van der Waals surface area (Å²) in [6.07, 6.45) is 2.11.